The molecular formula is C14H27N3. The normalized spacial score (nSPS) is 30.5. The maximum absolute atomic E-state index is 9.17. The average Bonchev–Trinajstić information content (AvgIpc) is 2.68. The molecule has 2 N–H and O–H groups in total. The summed E-state index contributed by atoms with van der Waals surface area (Å²) in [4.78, 5) is 2.40. The van der Waals surface area contributed by atoms with E-state index < -0.39 is 5.54 Å². The van der Waals surface area contributed by atoms with E-state index in [2.05, 4.69) is 31.9 Å². The van der Waals surface area contributed by atoms with Gasteiger partial charge in [0, 0.05) is 6.04 Å². The zero-order valence-corrected chi connectivity index (χ0v) is 11.6. The average molecular weight is 237 g/mol. The summed E-state index contributed by atoms with van der Waals surface area (Å²) in [5.41, 5.74) is 5.60. The number of nitrogens with zero attached hydrogens (tertiary/aromatic N) is 2. The second-order valence-corrected chi connectivity index (χ2v) is 5.65. The lowest BCUT2D eigenvalue weighted by Gasteiger charge is -2.29. The first-order chi connectivity index (χ1) is 8.03. The Kier molecular flexibility index (Phi) is 5.42. The molecule has 1 fully saturated rings. The number of nitriles is 1. The molecule has 0 amide bonds. The Labute approximate surface area is 106 Å². The fourth-order valence-electron chi connectivity index (χ4n) is 2.87. The van der Waals surface area contributed by atoms with Crippen molar-refractivity contribution in [2.75, 3.05) is 13.6 Å². The molecule has 3 unspecified atom stereocenters. The van der Waals surface area contributed by atoms with Crippen LogP contribution in [0.5, 0.6) is 0 Å². The van der Waals surface area contributed by atoms with Crippen molar-refractivity contribution in [3.05, 3.63) is 0 Å². The molecule has 3 atom stereocenters. The highest BCUT2D eigenvalue weighted by atomic mass is 15.1. The summed E-state index contributed by atoms with van der Waals surface area (Å²) in [5.74, 6) is 0.392. The molecule has 17 heavy (non-hydrogen) atoms. The summed E-state index contributed by atoms with van der Waals surface area (Å²) in [6.45, 7) is 5.56. The van der Waals surface area contributed by atoms with Crippen LogP contribution in [0.4, 0.5) is 0 Å². The topological polar surface area (TPSA) is 53.0 Å². The minimum Gasteiger partial charge on any atom is -0.313 e. The quantitative estimate of drug-likeness (QED) is 0.772. The fourth-order valence-corrected chi connectivity index (χ4v) is 2.87. The Morgan fingerprint density at radius 2 is 2.29 bits per heavy atom. The van der Waals surface area contributed by atoms with Crippen LogP contribution >= 0.6 is 0 Å². The third kappa shape index (κ3) is 3.69. The van der Waals surface area contributed by atoms with Crippen LogP contribution in [0.25, 0.3) is 0 Å². The van der Waals surface area contributed by atoms with E-state index in [4.69, 9.17) is 11.0 Å². The van der Waals surface area contributed by atoms with Gasteiger partial charge >= 0.3 is 0 Å². The maximum atomic E-state index is 9.17. The number of rotatable bonds is 6. The van der Waals surface area contributed by atoms with E-state index in [-0.39, 0.29) is 0 Å². The lowest BCUT2D eigenvalue weighted by atomic mass is 9.87. The highest BCUT2D eigenvalue weighted by molar-refractivity contribution is 5.11. The van der Waals surface area contributed by atoms with Crippen LogP contribution in [0, 0.1) is 17.2 Å². The summed E-state index contributed by atoms with van der Waals surface area (Å²) >= 11 is 0. The van der Waals surface area contributed by atoms with Gasteiger partial charge in [0.1, 0.15) is 5.54 Å². The zero-order valence-electron chi connectivity index (χ0n) is 11.6. The lowest BCUT2D eigenvalue weighted by Crippen LogP contribution is -2.43. The summed E-state index contributed by atoms with van der Waals surface area (Å²) in [6, 6.07) is 2.96. The smallest absolute Gasteiger partial charge is 0.107 e. The van der Waals surface area contributed by atoms with Gasteiger partial charge in [0.15, 0.2) is 0 Å². The molecule has 3 heteroatoms. The summed E-state index contributed by atoms with van der Waals surface area (Å²) in [7, 11) is 2.18. The van der Waals surface area contributed by atoms with Gasteiger partial charge in [-0.3, -0.25) is 0 Å². The molecule has 0 aromatic rings. The fraction of sp³-hybridized carbons (Fsp3) is 0.929. The summed E-state index contributed by atoms with van der Waals surface area (Å²) < 4.78 is 0. The zero-order chi connectivity index (χ0) is 12.9. The van der Waals surface area contributed by atoms with E-state index in [1.54, 1.807) is 0 Å². The van der Waals surface area contributed by atoms with Gasteiger partial charge in [0.2, 0.25) is 0 Å². The molecule has 1 aliphatic rings. The summed E-state index contributed by atoms with van der Waals surface area (Å²) in [6.07, 6.45) is 6.65. The van der Waals surface area contributed by atoms with Gasteiger partial charge in [-0.2, -0.15) is 5.26 Å². The van der Waals surface area contributed by atoms with Crippen molar-refractivity contribution in [1.82, 2.24) is 4.90 Å². The van der Waals surface area contributed by atoms with Crippen LogP contribution in [0.2, 0.25) is 0 Å². The minimum absolute atomic E-state index is 0.392. The third-order valence-corrected chi connectivity index (χ3v) is 4.37. The lowest BCUT2D eigenvalue weighted by molar-refractivity contribution is 0.216. The van der Waals surface area contributed by atoms with Crippen LogP contribution in [0.1, 0.15) is 52.4 Å². The van der Waals surface area contributed by atoms with Gasteiger partial charge in [-0.25, -0.2) is 0 Å². The van der Waals surface area contributed by atoms with Gasteiger partial charge in [-0.15, -0.1) is 0 Å². The molecule has 0 radical (unpaired) electrons. The minimum atomic E-state index is -0.547. The Morgan fingerprint density at radius 1 is 1.59 bits per heavy atom. The Balaban J connectivity index is 2.38. The third-order valence-electron chi connectivity index (χ3n) is 4.37. The monoisotopic (exact) mass is 237 g/mol. The molecule has 0 heterocycles. The SMILES string of the molecule is CCCC(C)N(C)CCC1CCCC1(N)C#N. The Hall–Kier alpha value is -0.590. The van der Waals surface area contributed by atoms with Crippen LogP contribution in [0.15, 0.2) is 0 Å². The van der Waals surface area contributed by atoms with Gasteiger partial charge in [-0.1, -0.05) is 19.8 Å². The first kappa shape index (κ1) is 14.5. The standard InChI is InChI=1S/C14H27N3/c1-4-6-12(2)17(3)10-8-13-7-5-9-14(13,16)11-15/h12-13H,4-10,16H2,1-3H3. The van der Waals surface area contributed by atoms with Crippen molar-refractivity contribution in [2.45, 2.75) is 64.0 Å². The molecule has 0 aromatic carbocycles. The maximum Gasteiger partial charge on any atom is 0.107 e. The molecule has 98 valence electrons. The molecule has 0 aliphatic heterocycles. The second-order valence-electron chi connectivity index (χ2n) is 5.65. The molecule has 1 rings (SSSR count). The van der Waals surface area contributed by atoms with Gasteiger partial charge in [-0.05, 0) is 52.1 Å². The predicted octanol–water partition coefficient (Wildman–Crippen LogP) is 2.52. The predicted molar refractivity (Wildman–Crippen MR) is 71.5 cm³/mol. The van der Waals surface area contributed by atoms with Crippen molar-refractivity contribution in [1.29, 1.82) is 5.26 Å². The van der Waals surface area contributed by atoms with Crippen LogP contribution in [0.3, 0.4) is 0 Å². The highest BCUT2D eigenvalue weighted by Crippen LogP contribution is 2.35. The molecule has 0 saturated heterocycles. The van der Waals surface area contributed by atoms with Gasteiger partial charge in [0.05, 0.1) is 6.07 Å². The molecule has 0 aromatic heterocycles. The highest BCUT2D eigenvalue weighted by Gasteiger charge is 2.39. The summed E-state index contributed by atoms with van der Waals surface area (Å²) in [5, 5.41) is 9.17. The van der Waals surface area contributed by atoms with E-state index >= 15 is 0 Å². The number of hydrogen-bond acceptors (Lipinski definition) is 3. The molecule has 1 saturated carbocycles. The Morgan fingerprint density at radius 3 is 2.88 bits per heavy atom. The first-order valence-electron chi connectivity index (χ1n) is 6.94. The molecule has 3 nitrogen and oxygen atoms in total. The molecule has 0 spiro atoms. The number of nitrogens with two attached hydrogens (primary N) is 1. The molecule has 0 bridgehead atoms. The Bertz CT molecular complexity index is 271. The van der Waals surface area contributed by atoms with Crippen LogP contribution in [-0.4, -0.2) is 30.1 Å². The van der Waals surface area contributed by atoms with Crippen molar-refractivity contribution in [3.63, 3.8) is 0 Å². The largest absolute Gasteiger partial charge is 0.313 e. The van der Waals surface area contributed by atoms with Crippen molar-refractivity contribution >= 4 is 0 Å². The van der Waals surface area contributed by atoms with Crippen LogP contribution in [-0.2, 0) is 0 Å². The van der Waals surface area contributed by atoms with E-state index in [0.717, 1.165) is 32.2 Å². The molecular weight excluding hydrogens is 210 g/mol. The molecule has 1 aliphatic carbocycles. The van der Waals surface area contributed by atoms with E-state index in [0.29, 0.717) is 12.0 Å². The van der Waals surface area contributed by atoms with Crippen molar-refractivity contribution < 1.29 is 0 Å². The van der Waals surface area contributed by atoms with Crippen molar-refractivity contribution in [2.24, 2.45) is 11.7 Å². The van der Waals surface area contributed by atoms with Crippen molar-refractivity contribution in [3.8, 4) is 6.07 Å². The van der Waals surface area contributed by atoms with Gasteiger partial charge in [0.25, 0.3) is 0 Å². The van der Waals surface area contributed by atoms with E-state index in [1.165, 1.54) is 12.8 Å². The number of hydrogen-bond donors (Lipinski definition) is 1. The van der Waals surface area contributed by atoms with E-state index in [9.17, 15) is 0 Å². The second kappa shape index (κ2) is 6.37. The first-order valence-corrected chi connectivity index (χ1v) is 6.94. The van der Waals surface area contributed by atoms with E-state index in [1.807, 2.05) is 0 Å². The van der Waals surface area contributed by atoms with Crippen LogP contribution < -0.4 is 5.73 Å². The van der Waals surface area contributed by atoms with Gasteiger partial charge < -0.3 is 10.6 Å².